The molecule has 0 heterocycles. The van der Waals surface area contributed by atoms with Crippen molar-refractivity contribution >= 4 is 11.8 Å². The van der Waals surface area contributed by atoms with Gasteiger partial charge in [-0.25, -0.2) is 0 Å². The third-order valence-electron chi connectivity index (χ3n) is 4.70. The van der Waals surface area contributed by atoms with E-state index in [1.807, 2.05) is 13.0 Å². The number of rotatable bonds is 2. The quantitative estimate of drug-likeness (QED) is 0.575. The Kier molecular flexibility index (Phi) is 5.41. The molecule has 0 aliphatic heterocycles. The Morgan fingerprint density at radius 2 is 2.15 bits per heavy atom. The SMILES string of the molecule is CC1=C2C(O)C(C(C)C(=O)[O-])CCC2(C)C=CC1=O.[Na+]. The van der Waals surface area contributed by atoms with Gasteiger partial charge in [-0.2, -0.15) is 0 Å². The van der Waals surface area contributed by atoms with Crippen molar-refractivity contribution in [1.29, 1.82) is 0 Å². The topological polar surface area (TPSA) is 77.4 Å². The van der Waals surface area contributed by atoms with Gasteiger partial charge in [0.05, 0.1) is 6.10 Å². The molecule has 0 amide bonds. The van der Waals surface area contributed by atoms with Gasteiger partial charge in [0.1, 0.15) is 0 Å². The molecule has 2 aliphatic rings. The van der Waals surface area contributed by atoms with Crippen LogP contribution in [0.2, 0.25) is 0 Å². The maximum atomic E-state index is 11.8. The molecule has 0 aromatic carbocycles. The summed E-state index contributed by atoms with van der Waals surface area (Å²) in [5.41, 5.74) is 0.900. The summed E-state index contributed by atoms with van der Waals surface area (Å²) in [5.74, 6) is -2.36. The molecule has 2 rings (SSSR count). The van der Waals surface area contributed by atoms with Crippen LogP contribution in [0.15, 0.2) is 23.3 Å². The van der Waals surface area contributed by atoms with E-state index in [0.29, 0.717) is 17.6 Å². The second kappa shape index (κ2) is 6.14. The molecule has 0 radical (unpaired) electrons. The number of hydrogen-bond acceptors (Lipinski definition) is 4. The minimum atomic E-state index is -1.15. The van der Waals surface area contributed by atoms with E-state index >= 15 is 0 Å². The van der Waals surface area contributed by atoms with Gasteiger partial charge in [-0.05, 0) is 42.9 Å². The summed E-state index contributed by atoms with van der Waals surface area (Å²) in [6, 6.07) is 0. The maximum Gasteiger partial charge on any atom is 1.00 e. The van der Waals surface area contributed by atoms with Crippen molar-refractivity contribution in [3.63, 3.8) is 0 Å². The van der Waals surface area contributed by atoms with E-state index in [0.717, 1.165) is 6.42 Å². The summed E-state index contributed by atoms with van der Waals surface area (Å²) in [5, 5.41) is 21.5. The number of carbonyl (C=O) groups is 2. The molecule has 0 spiro atoms. The fourth-order valence-electron chi connectivity index (χ4n) is 3.35. The second-order valence-corrected chi connectivity index (χ2v) is 5.91. The Morgan fingerprint density at radius 3 is 2.70 bits per heavy atom. The summed E-state index contributed by atoms with van der Waals surface area (Å²) in [4.78, 5) is 22.8. The van der Waals surface area contributed by atoms with Crippen LogP contribution in [0.25, 0.3) is 0 Å². The van der Waals surface area contributed by atoms with Gasteiger partial charge < -0.3 is 15.0 Å². The van der Waals surface area contributed by atoms with Gasteiger partial charge in [0.25, 0.3) is 0 Å². The molecule has 5 heteroatoms. The maximum absolute atomic E-state index is 11.8. The number of fused-ring (bicyclic) bond motifs is 1. The van der Waals surface area contributed by atoms with Crippen LogP contribution in [-0.2, 0) is 9.59 Å². The zero-order valence-corrected chi connectivity index (χ0v) is 14.5. The predicted octanol–water partition coefficient (Wildman–Crippen LogP) is -2.39. The van der Waals surface area contributed by atoms with Crippen molar-refractivity contribution in [2.75, 3.05) is 0 Å². The van der Waals surface area contributed by atoms with Gasteiger partial charge in [0.2, 0.25) is 0 Å². The standard InChI is InChI=1S/C15H20O4.Na/c1-8(14(18)19)10-4-6-15(3)7-5-11(16)9(2)12(15)13(10)17;/h5,7-8,10,13,17H,4,6H2,1-3H3,(H,18,19);/q;+1/p-1. The number of aliphatic hydroxyl groups excluding tert-OH is 1. The zero-order chi connectivity index (χ0) is 14.4. The summed E-state index contributed by atoms with van der Waals surface area (Å²) < 4.78 is 0. The Labute approximate surface area is 141 Å². The number of carbonyl (C=O) groups excluding carboxylic acids is 2. The smallest absolute Gasteiger partial charge is 0.550 e. The zero-order valence-electron chi connectivity index (χ0n) is 12.5. The van der Waals surface area contributed by atoms with E-state index in [1.54, 1.807) is 19.9 Å². The second-order valence-electron chi connectivity index (χ2n) is 5.91. The normalized spacial score (nSPS) is 34.3. The Hall–Kier alpha value is -0.420. The molecule has 0 aromatic heterocycles. The minimum Gasteiger partial charge on any atom is -0.550 e. The van der Waals surface area contributed by atoms with Crippen LogP contribution in [0.5, 0.6) is 0 Å². The molecular weight excluding hydrogens is 267 g/mol. The number of aliphatic hydroxyl groups is 1. The first-order valence-electron chi connectivity index (χ1n) is 6.61. The molecule has 4 nitrogen and oxygen atoms in total. The van der Waals surface area contributed by atoms with Crippen LogP contribution in [0.4, 0.5) is 0 Å². The monoisotopic (exact) mass is 286 g/mol. The molecule has 20 heavy (non-hydrogen) atoms. The third kappa shape index (κ3) is 2.80. The molecule has 4 atom stereocenters. The Balaban J connectivity index is 0.00000200. The number of carboxylic acid groups (broad SMARTS) is 1. The van der Waals surface area contributed by atoms with E-state index < -0.39 is 18.0 Å². The van der Waals surface area contributed by atoms with Crippen LogP contribution in [-0.4, -0.2) is 23.0 Å². The molecule has 0 bridgehead atoms. The molecule has 104 valence electrons. The van der Waals surface area contributed by atoms with Crippen molar-refractivity contribution in [2.24, 2.45) is 17.3 Å². The van der Waals surface area contributed by atoms with Crippen molar-refractivity contribution in [1.82, 2.24) is 0 Å². The van der Waals surface area contributed by atoms with Crippen LogP contribution in [0.3, 0.4) is 0 Å². The Bertz CT molecular complexity index is 494. The third-order valence-corrected chi connectivity index (χ3v) is 4.70. The van der Waals surface area contributed by atoms with Crippen LogP contribution in [0, 0.1) is 17.3 Å². The first-order valence-corrected chi connectivity index (χ1v) is 6.61. The largest absolute Gasteiger partial charge is 1.00 e. The van der Waals surface area contributed by atoms with E-state index in [1.165, 1.54) is 0 Å². The average molecular weight is 286 g/mol. The van der Waals surface area contributed by atoms with Gasteiger partial charge in [-0.3, -0.25) is 4.79 Å². The van der Waals surface area contributed by atoms with Gasteiger partial charge in [-0.15, -0.1) is 0 Å². The molecule has 2 aliphatic carbocycles. The Morgan fingerprint density at radius 1 is 1.55 bits per heavy atom. The summed E-state index contributed by atoms with van der Waals surface area (Å²) in [6.07, 6.45) is 3.85. The molecule has 4 unspecified atom stereocenters. The number of carboxylic acids is 1. The van der Waals surface area contributed by atoms with Gasteiger partial charge in [-0.1, -0.05) is 19.9 Å². The molecular formula is C15H19NaO4. The van der Waals surface area contributed by atoms with E-state index in [2.05, 4.69) is 0 Å². The number of ketones is 1. The number of allylic oxidation sites excluding steroid dienone is 3. The van der Waals surface area contributed by atoms with Gasteiger partial charge in [0.15, 0.2) is 5.78 Å². The van der Waals surface area contributed by atoms with Crippen molar-refractivity contribution in [3.8, 4) is 0 Å². The molecule has 1 fully saturated rings. The van der Waals surface area contributed by atoms with Crippen molar-refractivity contribution < 1.29 is 49.4 Å². The molecule has 0 saturated heterocycles. The fourth-order valence-corrected chi connectivity index (χ4v) is 3.35. The average Bonchev–Trinajstić information content (AvgIpc) is 2.34. The van der Waals surface area contributed by atoms with E-state index in [-0.39, 0.29) is 46.7 Å². The van der Waals surface area contributed by atoms with Crippen LogP contribution in [0.1, 0.15) is 33.6 Å². The minimum absolute atomic E-state index is 0. The van der Waals surface area contributed by atoms with E-state index in [4.69, 9.17) is 0 Å². The van der Waals surface area contributed by atoms with Crippen molar-refractivity contribution in [2.45, 2.75) is 39.7 Å². The predicted molar refractivity (Wildman–Crippen MR) is 67.9 cm³/mol. The first kappa shape index (κ1) is 17.6. The summed E-state index contributed by atoms with van der Waals surface area (Å²) >= 11 is 0. The number of hydrogen-bond donors (Lipinski definition) is 1. The molecule has 1 saturated carbocycles. The van der Waals surface area contributed by atoms with E-state index in [9.17, 15) is 19.8 Å². The van der Waals surface area contributed by atoms with Crippen molar-refractivity contribution in [3.05, 3.63) is 23.3 Å². The molecule has 1 N–H and O–H groups in total. The molecule has 0 aromatic rings. The van der Waals surface area contributed by atoms with Gasteiger partial charge in [0, 0.05) is 17.3 Å². The fraction of sp³-hybridized carbons (Fsp3) is 0.600. The first-order chi connectivity index (χ1) is 8.78. The van der Waals surface area contributed by atoms with Crippen LogP contribution >= 0.6 is 0 Å². The number of aliphatic carboxylic acids is 1. The summed E-state index contributed by atoms with van der Waals surface area (Å²) in [7, 11) is 0. The van der Waals surface area contributed by atoms with Gasteiger partial charge >= 0.3 is 29.6 Å². The van der Waals surface area contributed by atoms with Crippen LogP contribution < -0.4 is 34.7 Å². The summed E-state index contributed by atoms with van der Waals surface area (Å²) in [6.45, 7) is 5.24.